The van der Waals surface area contributed by atoms with Gasteiger partial charge in [-0.15, -0.1) is 0 Å². The average Bonchev–Trinajstić information content (AvgIpc) is 2.88. The molecule has 3 atom stereocenters. The van der Waals surface area contributed by atoms with Crippen molar-refractivity contribution in [2.24, 2.45) is 11.8 Å². The number of benzene rings is 1. The second-order valence-corrected chi connectivity index (χ2v) is 5.93. The van der Waals surface area contributed by atoms with Gasteiger partial charge in [-0.2, -0.15) is 0 Å². The Morgan fingerprint density at radius 2 is 2.24 bits per heavy atom. The van der Waals surface area contributed by atoms with Crippen molar-refractivity contribution in [3.05, 3.63) is 23.8 Å². The molecule has 0 bridgehead atoms. The summed E-state index contributed by atoms with van der Waals surface area (Å²) in [4.78, 5) is 2.70. The zero-order valence-electron chi connectivity index (χ0n) is 10.4. The van der Waals surface area contributed by atoms with Crippen molar-refractivity contribution in [3.8, 4) is 0 Å². The molecular weight excluding hydrogens is 208 g/mol. The van der Waals surface area contributed by atoms with Gasteiger partial charge in [0.25, 0.3) is 0 Å². The van der Waals surface area contributed by atoms with E-state index in [9.17, 15) is 0 Å². The molecule has 1 saturated carbocycles. The van der Waals surface area contributed by atoms with Gasteiger partial charge in [0, 0.05) is 19.1 Å². The van der Waals surface area contributed by atoms with Crippen LogP contribution in [-0.2, 0) is 0 Å². The zero-order valence-corrected chi connectivity index (χ0v) is 10.4. The van der Waals surface area contributed by atoms with Crippen molar-refractivity contribution in [2.45, 2.75) is 32.2 Å². The van der Waals surface area contributed by atoms with Gasteiger partial charge in [0.2, 0.25) is 0 Å². The third-order valence-electron chi connectivity index (χ3n) is 5.07. The highest BCUT2D eigenvalue weighted by Crippen LogP contribution is 2.48. The van der Waals surface area contributed by atoms with E-state index in [1.807, 2.05) is 0 Å². The molecule has 3 aliphatic rings. The first-order valence-electron chi connectivity index (χ1n) is 6.95. The minimum absolute atomic E-state index is 0.760. The normalized spacial score (nSPS) is 33.9. The molecule has 4 rings (SSSR count). The Bertz CT molecular complexity index is 454. The van der Waals surface area contributed by atoms with E-state index in [0.717, 1.165) is 24.4 Å². The fourth-order valence-electron chi connectivity index (χ4n) is 4.33. The Labute approximate surface area is 103 Å². The van der Waals surface area contributed by atoms with Gasteiger partial charge in [0.1, 0.15) is 0 Å². The second-order valence-electron chi connectivity index (χ2n) is 5.93. The van der Waals surface area contributed by atoms with E-state index in [2.05, 4.69) is 35.3 Å². The van der Waals surface area contributed by atoms with Crippen LogP contribution in [0.3, 0.4) is 0 Å². The second kappa shape index (κ2) is 3.41. The largest absolute Gasteiger partial charge is 0.381 e. The Hall–Kier alpha value is -1.18. The molecular formula is C15H20N2. The number of rotatable bonds is 0. The highest BCUT2D eigenvalue weighted by Gasteiger charge is 2.46. The summed E-state index contributed by atoms with van der Waals surface area (Å²) in [6, 6.07) is 7.40. The van der Waals surface area contributed by atoms with E-state index in [-0.39, 0.29) is 0 Å². The van der Waals surface area contributed by atoms with Crippen LogP contribution < -0.4 is 10.2 Å². The number of hydrogen-bond donors (Lipinski definition) is 1. The molecule has 2 aliphatic heterocycles. The molecule has 17 heavy (non-hydrogen) atoms. The van der Waals surface area contributed by atoms with Gasteiger partial charge in [-0.3, -0.25) is 0 Å². The molecule has 0 radical (unpaired) electrons. The van der Waals surface area contributed by atoms with Crippen LogP contribution in [0, 0.1) is 18.8 Å². The zero-order chi connectivity index (χ0) is 11.4. The first-order chi connectivity index (χ1) is 8.34. The van der Waals surface area contributed by atoms with E-state index in [4.69, 9.17) is 0 Å². The summed E-state index contributed by atoms with van der Waals surface area (Å²) in [5.41, 5.74) is 4.26. The van der Waals surface area contributed by atoms with Crippen molar-refractivity contribution in [1.29, 1.82) is 0 Å². The molecule has 2 nitrogen and oxygen atoms in total. The first-order valence-corrected chi connectivity index (χ1v) is 6.95. The van der Waals surface area contributed by atoms with Crippen LogP contribution in [0.4, 0.5) is 11.4 Å². The predicted molar refractivity (Wildman–Crippen MR) is 71.6 cm³/mol. The predicted octanol–water partition coefficient (Wildman–Crippen LogP) is 3.03. The molecule has 1 aromatic carbocycles. The number of hydrogen-bond acceptors (Lipinski definition) is 2. The lowest BCUT2D eigenvalue weighted by Gasteiger charge is -2.37. The van der Waals surface area contributed by atoms with Crippen molar-refractivity contribution in [2.75, 3.05) is 23.3 Å². The van der Waals surface area contributed by atoms with Crippen molar-refractivity contribution >= 4 is 11.4 Å². The molecule has 1 saturated heterocycles. The maximum Gasteiger partial charge on any atom is 0.0635 e. The first kappa shape index (κ1) is 9.81. The Kier molecular flexibility index (Phi) is 1.97. The Balaban J connectivity index is 1.78. The summed E-state index contributed by atoms with van der Waals surface area (Å²) >= 11 is 0. The number of fused-ring (bicyclic) bond motifs is 5. The van der Waals surface area contributed by atoms with Gasteiger partial charge in [0.05, 0.1) is 11.4 Å². The van der Waals surface area contributed by atoms with Crippen LogP contribution in [0.5, 0.6) is 0 Å². The van der Waals surface area contributed by atoms with Gasteiger partial charge in [-0.1, -0.05) is 18.6 Å². The number of para-hydroxylation sites is 1. The summed E-state index contributed by atoms with van der Waals surface area (Å²) in [6.07, 6.45) is 4.37. The topological polar surface area (TPSA) is 15.3 Å². The van der Waals surface area contributed by atoms with Crippen molar-refractivity contribution in [1.82, 2.24) is 0 Å². The van der Waals surface area contributed by atoms with Crippen LogP contribution in [0.25, 0.3) is 0 Å². The van der Waals surface area contributed by atoms with Gasteiger partial charge in [-0.25, -0.2) is 0 Å². The minimum Gasteiger partial charge on any atom is -0.381 e. The number of aryl methyl sites for hydroxylation is 1. The maximum atomic E-state index is 3.65. The maximum absolute atomic E-state index is 3.65. The Morgan fingerprint density at radius 3 is 3.18 bits per heavy atom. The highest BCUT2D eigenvalue weighted by atomic mass is 15.3. The molecule has 0 aromatic heterocycles. The van der Waals surface area contributed by atoms with Gasteiger partial charge < -0.3 is 10.2 Å². The van der Waals surface area contributed by atoms with E-state index in [0.29, 0.717) is 0 Å². The smallest absolute Gasteiger partial charge is 0.0635 e. The molecule has 0 amide bonds. The monoisotopic (exact) mass is 228 g/mol. The minimum atomic E-state index is 0.760. The third kappa shape index (κ3) is 1.27. The van der Waals surface area contributed by atoms with E-state index in [1.54, 1.807) is 0 Å². The standard InChI is InChI=1S/C15H20N2/c1-10-4-2-7-13-15(10)17-9-11-5-3-6-12(11)14(17)8-16-13/h2,4,7,11-12,14,16H,3,5-6,8-9H2,1H3. The fourth-order valence-corrected chi connectivity index (χ4v) is 4.33. The van der Waals surface area contributed by atoms with Crippen molar-refractivity contribution in [3.63, 3.8) is 0 Å². The molecule has 1 aliphatic carbocycles. The molecule has 2 heteroatoms. The SMILES string of the molecule is Cc1cccc2c1N1CC3CCCC3C1CN2. The molecule has 2 heterocycles. The average molecular weight is 228 g/mol. The fraction of sp³-hybridized carbons (Fsp3) is 0.600. The molecule has 3 unspecified atom stereocenters. The van der Waals surface area contributed by atoms with Crippen LogP contribution in [0.15, 0.2) is 18.2 Å². The number of nitrogens with one attached hydrogen (secondary N) is 1. The van der Waals surface area contributed by atoms with Gasteiger partial charge in [0.15, 0.2) is 0 Å². The van der Waals surface area contributed by atoms with Gasteiger partial charge >= 0.3 is 0 Å². The van der Waals surface area contributed by atoms with Crippen LogP contribution in [-0.4, -0.2) is 19.1 Å². The lowest BCUT2D eigenvalue weighted by molar-refractivity contribution is 0.429. The highest BCUT2D eigenvalue weighted by molar-refractivity contribution is 5.76. The molecule has 1 N–H and O–H groups in total. The summed E-state index contributed by atoms with van der Waals surface area (Å²) in [5, 5.41) is 3.65. The van der Waals surface area contributed by atoms with Crippen LogP contribution in [0.1, 0.15) is 24.8 Å². The van der Waals surface area contributed by atoms with Crippen LogP contribution >= 0.6 is 0 Å². The summed E-state index contributed by atoms with van der Waals surface area (Å²) < 4.78 is 0. The molecule has 1 aromatic rings. The van der Waals surface area contributed by atoms with Crippen LogP contribution in [0.2, 0.25) is 0 Å². The number of nitrogens with zero attached hydrogens (tertiary/aromatic N) is 1. The van der Waals surface area contributed by atoms with E-state index < -0.39 is 0 Å². The van der Waals surface area contributed by atoms with E-state index in [1.165, 1.54) is 42.7 Å². The van der Waals surface area contributed by atoms with E-state index >= 15 is 0 Å². The van der Waals surface area contributed by atoms with Crippen molar-refractivity contribution < 1.29 is 0 Å². The summed E-state index contributed by atoms with van der Waals surface area (Å²) in [7, 11) is 0. The lowest BCUT2D eigenvalue weighted by atomic mass is 9.93. The quantitative estimate of drug-likeness (QED) is 0.734. The molecule has 0 spiro atoms. The summed E-state index contributed by atoms with van der Waals surface area (Å²) in [5.74, 6) is 1.92. The third-order valence-corrected chi connectivity index (χ3v) is 5.07. The molecule has 90 valence electrons. The molecule has 2 fully saturated rings. The Morgan fingerprint density at radius 1 is 1.29 bits per heavy atom. The summed E-state index contributed by atoms with van der Waals surface area (Å²) in [6.45, 7) is 4.70. The van der Waals surface area contributed by atoms with Gasteiger partial charge in [-0.05, 0) is 43.2 Å². The lowest BCUT2D eigenvalue weighted by Crippen LogP contribution is -2.42. The number of anilines is 2.